The first-order valence-electron chi connectivity index (χ1n) is 8.28. The van der Waals surface area contributed by atoms with E-state index in [1.54, 1.807) is 37.4 Å². The number of nitrogens with one attached hydrogen (secondary N) is 2. The number of carbonyl (C=O) groups is 2. The van der Waals surface area contributed by atoms with Crippen molar-refractivity contribution in [2.75, 3.05) is 7.05 Å². The van der Waals surface area contributed by atoms with Crippen molar-refractivity contribution in [3.8, 4) is 0 Å². The average Bonchev–Trinajstić information content (AvgIpc) is 3.09. The van der Waals surface area contributed by atoms with Gasteiger partial charge in [-0.2, -0.15) is 0 Å². The van der Waals surface area contributed by atoms with Gasteiger partial charge in [0, 0.05) is 30.6 Å². The highest BCUT2D eigenvalue weighted by atomic mass is 16.2. The molecule has 0 unspecified atom stereocenters. The van der Waals surface area contributed by atoms with E-state index in [-0.39, 0.29) is 11.8 Å². The lowest BCUT2D eigenvalue weighted by Gasteiger charge is -2.00. The van der Waals surface area contributed by atoms with Gasteiger partial charge in [0.1, 0.15) is 5.65 Å². The molecule has 0 saturated carbocycles. The van der Waals surface area contributed by atoms with Crippen molar-refractivity contribution < 1.29 is 9.59 Å². The molecule has 3 rings (SSSR count). The molecular formula is C20H20N4O2. The van der Waals surface area contributed by atoms with Crippen molar-refractivity contribution in [2.45, 2.75) is 13.5 Å². The molecule has 2 amide bonds. The van der Waals surface area contributed by atoms with Gasteiger partial charge < -0.3 is 15.0 Å². The predicted molar refractivity (Wildman–Crippen MR) is 101 cm³/mol. The molecule has 1 aromatic carbocycles. The van der Waals surface area contributed by atoms with E-state index in [9.17, 15) is 9.59 Å². The second-order valence-electron chi connectivity index (χ2n) is 5.88. The third-order valence-electron chi connectivity index (χ3n) is 4.02. The van der Waals surface area contributed by atoms with Gasteiger partial charge in [0.05, 0.1) is 12.2 Å². The van der Waals surface area contributed by atoms with E-state index in [1.165, 1.54) is 6.08 Å². The number of benzene rings is 1. The number of aryl methyl sites for hydroxylation is 1. The molecule has 26 heavy (non-hydrogen) atoms. The smallest absolute Gasteiger partial charge is 0.251 e. The molecule has 0 aliphatic heterocycles. The second-order valence-corrected chi connectivity index (χ2v) is 5.88. The summed E-state index contributed by atoms with van der Waals surface area (Å²) < 4.78 is 1.99. The van der Waals surface area contributed by atoms with Gasteiger partial charge in [-0.1, -0.05) is 18.2 Å². The van der Waals surface area contributed by atoms with Gasteiger partial charge in [0.15, 0.2) is 0 Å². The van der Waals surface area contributed by atoms with Crippen LogP contribution in [0.2, 0.25) is 0 Å². The zero-order valence-electron chi connectivity index (χ0n) is 14.7. The predicted octanol–water partition coefficient (Wildman–Crippen LogP) is 2.33. The van der Waals surface area contributed by atoms with Crippen molar-refractivity contribution >= 4 is 23.5 Å². The number of aromatic nitrogens is 2. The molecule has 0 atom stereocenters. The van der Waals surface area contributed by atoms with E-state index in [2.05, 4.69) is 15.6 Å². The van der Waals surface area contributed by atoms with Crippen LogP contribution in [0.15, 0.2) is 54.7 Å². The van der Waals surface area contributed by atoms with Crippen LogP contribution >= 0.6 is 0 Å². The van der Waals surface area contributed by atoms with E-state index >= 15 is 0 Å². The Balaban J connectivity index is 1.58. The Kier molecular flexibility index (Phi) is 5.12. The summed E-state index contributed by atoms with van der Waals surface area (Å²) in [6.07, 6.45) is 5.10. The Morgan fingerprint density at radius 1 is 1.15 bits per heavy atom. The van der Waals surface area contributed by atoms with Crippen molar-refractivity contribution in [2.24, 2.45) is 0 Å². The Morgan fingerprint density at radius 2 is 1.92 bits per heavy atom. The number of carbonyl (C=O) groups excluding carboxylic acids is 2. The van der Waals surface area contributed by atoms with E-state index in [4.69, 9.17) is 0 Å². The number of rotatable bonds is 5. The number of pyridine rings is 1. The standard InChI is InChI=1S/C20H20N4O2/c1-14-4-3-5-18-23-17(13-24(14)18)12-22-19(25)11-8-15-6-9-16(10-7-15)20(26)21-2/h3-11,13H,12H2,1-2H3,(H,21,26)(H,22,25). The second kappa shape index (κ2) is 7.65. The van der Waals surface area contributed by atoms with Gasteiger partial charge in [-0.15, -0.1) is 0 Å². The number of imidazole rings is 1. The van der Waals surface area contributed by atoms with E-state index in [0.717, 1.165) is 22.6 Å². The highest BCUT2D eigenvalue weighted by molar-refractivity contribution is 5.94. The number of nitrogens with zero attached hydrogens (tertiary/aromatic N) is 2. The van der Waals surface area contributed by atoms with E-state index in [0.29, 0.717) is 12.1 Å². The Morgan fingerprint density at radius 3 is 2.62 bits per heavy atom. The molecule has 6 nitrogen and oxygen atoms in total. The van der Waals surface area contributed by atoms with Gasteiger partial charge in [0.2, 0.25) is 5.91 Å². The molecule has 3 aromatic rings. The van der Waals surface area contributed by atoms with Gasteiger partial charge in [0.25, 0.3) is 5.91 Å². The SMILES string of the molecule is CNC(=O)c1ccc(C=CC(=O)NCc2cn3c(C)cccc3n2)cc1. The maximum atomic E-state index is 12.0. The fourth-order valence-corrected chi connectivity index (χ4v) is 2.58. The van der Waals surface area contributed by atoms with Gasteiger partial charge >= 0.3 is 0 Å². The summed E-state index contributed by atoms with van der Waals surface area (Å²) in [7, 11) is 1.59. The molecule has 0 saturated heterocycles. The summed E-state index contributed by atoms with van der Waals surface area (Å²) >= 11 is 0. The number of hydrogen-bond donors (Lipinski definition) is 2. The van der Waals surface area contributed by atoms with Crippen LogP contribution in [-0.2, 0) is 11.3 Å². The summed E-state index contributed by atoms with van der Waals surface area (Å²) in [5.41, 5.74) is 4.18. The molecule has 0 spiro atoms. The van der Waals surface area contributed by atoms with E-state index in [1.807, 2.05) is 35.7 Å². The van der Waals surface area contributed by atoms with Gasteiger partial charge in [-0.05, 0) is 42.8 Å². The molecule has 2 heterocycles. The fourth-order valence-electron chi connectivity index (χ4n) is 2.58. The first-order valence-corrected chi connectivity index (χ1v) is 8.28. The summed E-state index contributed by atoms with van der Waals surface area (Å²) in [6.45, 7) is 2.37. The zero-order valence-corrected chi connectivity index (χ0v) is 14.7. The molecular weight excluding hydrogens is 328 g/mol. The Labute approximate surface area is 151 Å². The van der Waals surface area contributed by atoms with Crippen LogP contribution in [0, 0.1) is 6.92 Å². The Hall–Kier alpha value is -3.41. The lowest BCUT2D eigenvalue weighted by molar-refractivity contribution is -0.116. The van der Waals surface area contributed by atoms with Crippen LogP contribution in [-0.4, -0.2) is 28.2 Å². The van der Waals surface area contributed by atoms with Crippen LogP contribution in [0.25, 0.3) is 11.7 Å². The normalized spacial score (nSPS) is 11.0. The number of fused-ring (bicyclic) bond motifs is 1. The fraction of sp³-hybridized carbons (Fsp3) is 0.150. The Bertz CT molecular complexity index is 971. The first-order chi connectivity index (χ1) is 12.6. The van der Waals surface area contributed by atoms with Crippen molar-refractivity contribution in [1.29, 1.82) is 0 Å². The number of hydrogen-bond acceptors (Lipinski definition) is 3. The van der Waals surface area contributed by atoms with Crippen molar-refractivity contribution in [3.63, 3.8) is 0 Å². The minimum absolute atomic E-state index is 0.138. The largest absolute Gasteiger partial charge is 0.355 e. The van der Waals surface area contributed by atoms with Crippen molar-refractivity contribution in [3.05, 3.63) is 77.3 Å². The molecule has 0 aliphatic carbocycles. The highest BCUT2D eigenvalue weighted by Crippen LogP contribution is 2.09. The van der Waals surface area contributed by atoms with Crippen LogP contribution < -0.4 is 10.6 Å². The average molecular weight is 348 g/mol. The van der Waals surface area contributed by atoms with Crippen molar-refractivity contribution in [1.82, 2.24) is 20.0 Å². The third kappa shape index (κ3) is 3.97. The lowest BCUT2D eigenvalue weighted by atomic mass is 10.1. The van der Waals surface area contributed by atoms with Crippen LogP contribution in [0.5, 0.6) is 0 Å². The molecule has 6 heteroatoms. The summed E-state index contributed by atoms with van der Waals surface area (Å²) in [5.74, 6) is -0.338. The first kappa shape index (κ1) is 17.4. The quantitative estimate of drug-likeness (QED) is 0.695. The monoisotopic (exact) mass is 348 g/mol. The molecule has 2 aromatic heterocycles. The number of amides is 2. The molecule has 2 N–H and O–H groups in total. The highest BCUT2D eigenvalue weighted by Gasteiger charge is 2.04. The molecule has 0 bridgehead atoms. The third-order valence-corrected chi connectivity index (χ3v) is 4.02. The zero-order chi connectivity index (χ0) is 18.5. The summed E-state index contributed by atoms with van der Waals surface area (Å²) in [5, 5.41) is 5.39. The van der Waals surface area contributed by atoms with Crippen LogP contribution in [0.4, 0.5) is 0 Å². The van der Waals surface area contributed by atoms with E-state index < -0.39 is 0 Å². The lowest BCUT2D eigenvalue weighted by Crippen LogP contribution is -2.20. The maximum absolute atomic E-state index is 12.0. The van der Waals surface area contributed by atoms with Gasteiger partial charge in [-0.25, -0.2) is 4.98 Å². The van der Waals surface area contributed by atoms with Crippen LogP contribution in [0.3, 0.4) is 0 Å². The molecule has 132 valence electrons. The maximum Gasteiger partial charge on any atom is 0.251 e. The van der Waals surface area contributed by atoms with Gasteiger partial charge in [-0.3, -0.25) is 9.59 Å². The molecule has 0 radical (unpaired) electrons. The topological polar surface area (TPSA) is 75.5 Å². The molecule has 0 aliphatic rings. The van der Waals surface area contributed by atoms with Crippen LogP contribution in [0.1, 0.15) is 27.3 Å². The summed E-state index contributed by atoms with van der Waals surface area (Å²) in [4.78, 5) is 28.0. The minimum Gasteiger partial charge on any atom is -0.355 e. The minimum atomic E-state index is -0.200. The molecule has 0 fully saturated rings. The summed E-state index contributed by atoms with van der Waals surface area (Å²) in [6, 6.07) is 12.9.